The third-order valence-electron chi connectivity index (χ3n) is 3.66. The highest BCUT2D eigenvalue weighted by Crippen LogP contribution is 2.28. The van der Waals surface area contributed by atoms with Crippen molar-refractivity contribution in [3.8, 4) is 11.3 Å². The Labute approximate surface area is 152 Å². The molecule has 3 rings (SSSR count). The normalized spacial score (nSPS) is 10.7. The number of aromatic nitrogens is 1. The monoisotopic (exact) mass is 404 g/mol. The summed E-state index contributed by atoms with van der Waals surface area (Å²) in [4.78, 5) is 12.8. The number of nitrogens with one attached hydrogen (secondary N) is 1. The molecule has 0 radical (unpaired) electrons. The van der Waals surface area contributed by atoms with Crippen molar-refractivity contribution in [2.75, 3.05) is 5.32 Å². The molecule has 1 N–H and O–H groups in total. The van der Waals surface area contributed by atoms with Gasteiger partial charge in [0.05, 0.1) is 0 Å². The Hall–Kier alpha value is -2.11. The van der Waals surface area contributed by atoms with Gasteiger partial charge in [0.2, 0.25) is 0 Å². The van der Waals surface area contributed by atoms with Gasteiger partial charge in [0.1, 0.15) is 17.0 Å². The summed E-state index contributed by atoms with van der Waals surface area (Å²) in [6, 6.07) is 12.9. The predicted octanol–water partition coefficient (Wildman–Crippen LogP) is 5.63. The number of benzene rings is 2. The number of rotatable bonds is 3. The molecule has 0 saturated carbocycles. The van der Waals surface area contributed by atoms with E-state index in [2.05, 4.69) is 26.4 Å². The molecule has 0 spiro atoms. The fourth-order valence-corrected chi connectivity index (χ4v) is 2.79. The second-order valence-corrected chi connectivity index (χ2v) is 6.73. The van der Waals surface area contributed by atoms with E-state index in [0.717, 1.165) is 15.6 Å². The van der Waals surface area contributed by atoms with Gasteiger partial charge >= 0.3 is 0 Å². The van der Waals surface area contributed by atoms with Crippen LogP contribution in [-0.2, 0) is 0 Å². The molecule has 3 aromatic rings. The van der Waals surface area contributed by atoms with Gasteiger partial charge in [-0.1, -0.05) is 50.9 Å². The van der Waals surface area contributed by atoms with E-state index in [1.165, 1.54) is 0 Å². The third-order valence-corrected chi connectivity index (χ3v) is 4.42. The van der Waals surface area contributed by atoms with E-state index in [0.29, 0.717) is 27.7 Å². The molecule has 1 aromatic heterocycles. The van der Waals surface area contributed by atoms with Gasteiger partial charge in [0.15, 0.2) is 0 Å². The SMILES string of the molecule is Cc1ccc(Cl)cc1NC(=O)c1c(-c2ccc(Br)cc2)noc1C. The maximum absolute atomic E-state index is 12.8. The Morgan fingerprint density at radius 1 is 1.17 bits per heavy atom. The van der Waals surface area contributed by atoms with Crippen molar-refractivity contribution in [3.63, 3.8) is 0 Å². The van der Waals surface area contributed by atoms with Gasteiger partial charge in [-0.2, -0.15) is 0 Å². The van der Waals surface area contributed by atoms with Crippen molar-refractivity contribution < 1.29 is 9.32 Å². The number of hydrogen-bond donors (Lipinski definition) is 1. The third kappa shape index (κ3) is 3.37. The Morgan fingerprint density at radius 2 is 1.88 bits per heavy atom. The summed E-state index contributed by atoms with van der Waals surface area (Å²) in [6.07, 6.45) is 0. The molecule has 24 heavy (non-hydrogen) atoms. The quantitative estimate of drug-likeness (QED) is 0.614. The van der Waals surface area contributed by atoms with Gasteiger partial charge in [-0.25, -0.2) is 0 Å². The first kappa shape index (κ1) is 16.7. The average molecular weight is 406 g/mol. The lowest BCUT2D eigenvalue weighted by Crippen LogP contribution is -2.14. The molecular formula is C18H14BrClN2O2. The average Bonchev–Trinajstić information content (AvgIpc) is 2.93. The summed E-state index contributed by atoms with van der Waals surface area (Å²) >= 11 is 9.41. The zero-order chi connectivity index (χ0) is 17.3. The summed E-state index contributed by atoms with van der Waals surface area (Å²) in [5.41, 5.74) is 3.32. The fourth-order valence-electron chi connectivity index (χ4n) is 2.36. The highest BCUT2D eigenvalue weighted by atomic mass is 79.9. The van der Waals surface area contributed by atoms with Crippen LogP contribution in [0.4, 0.5) is 5.69 Å². The Bertz CT molecular complexity index is 904. The minimum atomic E-state index is -0.281. The molecule has 2 aromatic carbocycles. The van der Waals surface area contributed by atoms with E-state index >= 15 is 0 Å². The van der Waals surface area contributed by atoms with Crippen LogP contribution in [0.1, 0.15) is 21.7 Å². The summed E-state index contributed by atoms with van der Waals surface area (Å²) in [5.74, 6) is 0.183. The van der Waals surface area contributed by atoms with Crippen molar-refractivity contribution in [3.05, 3.63) is 68.8 Å². The summed E-state index contributed by atoms with van der Waals surface area (Å²) in [6.45, 7) is 3.62. The van der Waals surface area contributed by atoms with Crippen molar-refractivity contribution >= 4 is 39.1 Å². The van der Waals surface area contributed by atoms with Gasteiger partial charge in [-0.15, -0.1) is 0 Å². The number of nitrogens with zero attached hydrogens (tertiary/aromatic N) is 1. The van der Waals surface area contributed by atoms with Crippen LogP contribution in [0.3, 0.4) is 0 Å². The van der Waals surface area contributed by atoms with Crippen LogP contribution >= 0.6 is 27.5 Å². The first-order chi connectivity index (χ1) is 11.5. The molecule has 0 aliphatic carbocycles. The minimum absolute atomic E-state index is 0.281. The largest absolute Gasteiger partial charge is 0.360 e. The molecular weight excluding hydrogens is 392 g/mol. The lowest BCUT2D eigenvalue weighted by atomic mass is 10.1. The minimum Gasteiger partial charge on any atom is -0.360 e. The number of amides is 1. The zero-order valence-electron chi connectivity index (χ0n) is 13.1. The van der Waals surface area contributed by atoms with Crippen molar-refractivity contribution in [1.82, 2.24) is 5.16 Å². The van der Waals surface area contributed by atoms with Gasteiger partial charge in [-0.05, 0) is 43.7 Å². The lowest BCUT2D eigenvalue weighted by molar-refractivity contribution is 0.102. The summed E-state index contributed by atoms with van der Waals surface area (Å²) < 4.78 is 6.20. The molecule has 4 nitrogen and oxygen atoms in total. The second-order valence-electron chi connectivity index (χ2n) is 5.38. The van der Waals surface area contributed by atoms with Gasteiger partial charge in [-0.3, -0.25) is 4.79 Å². The van der Waals surface area contributed by atoms with Crippen molar-refractivity contribution in [1.29, 1.82) is 0 Å². The standard InChI is InChI=1S/C18H14BrClN2O2/c1-10-3-8-14(20)9-15(10)21-18(23)16-11(2)24-22-17(16)12-4-6-13(19)7-5-12/h3-9H,1-2H3,(H,21,23). The van der Waals surface area contributed by atoms with Crippen LogP contribution in [-0.4, -0.2) is 11.1 Å². The number of halogens is 2. The molecule has 0 aliphatic rings. The zero-order valence-corrected chi connectivity index (χ0v) is 15.4. The number of anilines is 1. The highest BCUT2D eigenvalue weighted by Gasteiger charge is 2.22. The molecule has 6 heteroatoms. The maximum atomic E-state index is 12.8. The second kappa shape index (κ2) is 6.79. The van der Waals surface area contributed by atoms with Crippen LogP contribution < -0.4 is 5.32 Å². The fraction of sp³-hybridized carbons (Fsp3) is 0.111. The topological polar surface area (TPSA) is 55.1 Å². The van der Waals surface area contributed by atoms with Gasteiger partial charge in [0, 0.05) is 20.7 Å². The number of carbonyl (C=O) groups is 1. The van der Waals surface area contributed by atoms with Crippen molar-refractivity contribution in [2.45, 2.75) is 13.8 Å². The molecule has 0 bridgehead atoms. The molecule has 1 heterocycles. The van der Waals surface area contributed by atoms with E-state index in [1.807, 2.05) is 37.3 Å². The summed E-state index contributed by atoms with van der Waals surface area (Å²) in [7, 11) is 0. The molecule has 0 fully saturated rings. The maximum Gasteiger partial charge on any atom is 0.261 e. The predicted molar refractivity (Wildman–Crippen MR) is 98.5 cm³/mol. The van der Waals surface area contributed by atoms with Gasteiger partial charge < -0.3 is 9.84 Å². The van der Waals surface area contributed by atoms with E-state index in [1.54, 1.807) is 19.1 Å². The molecule has 0 atom stereocenters. The number of aryl methyl sites for hydroxylation is 2. The highest BCUT2D eigenvalue weighted by molar-refractivity contribution is 9.10. The van der Waals surface area contributed by atoms with Crippen LogP contribution in [0.2, 0.25) is 5.02 Å². The van der Waals surface area contributed by atoms with E-state index in [9.17, 15) is 4.79 Å². The molecule has 0 saturated heterocycles. The molecule has 0 unspecified atom stereocenters. The van der Waals surface area contributed by atoms with Crippen LogP contribution in [0.15, 0.2) is 51.5 Å². The van der Waals surface area contributed by atoms with E-state index < -0.39 is 0 Å². The van der Waals surface area contributed by atoms with Gasteiger partial charge in [0.25, 0.3) is 5.91 Å². The van der Waals surface area contributed by atoms with Crippen LogP contribution in [0.5, 0.6) is 0 Å². The Kier molecular flexibility index (Phi) is 4.73. The molecule has 122 valence electrons. The number of hydrogen-bond acceptors (Lipinski definition) is 3. The Morgan fingerprint density at radius 3 is 2.58 bits per heavy atom. The Balaban J connectivity index is 1.97. The van der Waals surface area contributed by atoms with E-state index in [4.69, 9.17) is 16.1 Å². The van der Waals surface area contributed by atoms with Crippen LogP contribution in [0, 0.1) is 13.8 Å². The first-order valence-electron chi connectivity index (χ1n) is 7.25. The van der Waals surface area contributed by atoms with Crippen molar-refractivity contribution in [2.24, 2.45) is 0 Å². The smallest absolute Gasteiger partial charge is 0.261 e. The lowest BCUT2D eigenvalue weighted by Gasteiger charge is -2.09. The molecule has 1 amide bonds. The van der Waals surface area contributed by atoms with Crippen LogP contribution in [0.25, 0.3) is 11.3 Å². The molecule has 0 aliphatic heterocycles. The number of carbonyl (C=O) groups excluding carboxylic acids is 1. The summed E-state index contributed by atoms with van der Waals surface area (Å²) in [5, 5.41) is 7.49. The first-order valence-corrected chi connectivity index (χ1v) is 8.42. The van der Waals surface area contributed by atoms with E-state index in [-0.39, 0.29) is 5.91 Å².